The number of imide groups is 1. The van der Waals surface area contributed by atoms with Crippen molar-refractivity contribution in [3.63, 3.8) is 0 Å². The summed E-state index contributed by atoms with van der Waals surface area (Å²) in [5, 5.41) is 5.19. The highest BCUT2D eigenvalue weighted by atomic mass is 16.5. The van der Waals surface area contributed by atoms with Gasteiger partial charge in [0.2, 0.25) is 0 Å². The third kappa shape index (κ3) is 2.06. The quantitative estimate of drug-likeness (QED) is 0.481. The Morgan fingerprint density at radius 1 is 1.08 bits per heavy atom. The van der Waals surface area contributed by atoms with Crippen molar-refractivity contribution in [2.45, 2.75) is 6.42 Å². The normalized spacial score (nSPS) is 30.5. The molecule has 24 heavy (non-hydrogen) atoms. The summed E-state index contributed by atoms with van der Waals surface area (Å²) in [5.74, 6) is 0.758. The lowest BCUT2D eigenvalue weighted by Gasteiger charge is -2.13. The van der Waals surface area contributed by atoms with Gasteiger partial charge < -0.3 is 9.47 Å². The van der Waals surface area contributed by atoms with E-state index >= 15 is 0 Å². The molecule has 1 aliphatic heterocycles. The van der Waals surface area contributed by atoms with Crippen LogP contribution >= 0.6 is 0 Å². The maximum Gasteiger partial charge on any atom is 0.254 e. The monoisotopic (exact) mass is 326 g/mol. The van der Waals surface area contributed by atoms with Crippen LogP contribution in [0.3, 0.4) is 0 Å². The van der Waals surface area contributed by atoms with Crippen LogP contribution in [0.2, 0.25) is 0 Å². The molecule has 0 N–H and O–H groups in total. The molecule has 3 aliphatic rings. The van der Waals surface area contributed by atoms with Crippen LogP contribution in [-0.2, 0) is 9.59 Å². The van der Waals surface area contributed by atoms with Gasteiger partial charge in [-0.15, -0.1) is 0 Å². The zero-order valence-electron chi connectivity index (χ0n) is 13.5. The number of ether oxygens (including phenoxy) is 2. The van der Waals surface area contributed by atoms with Crippen molar-refractivity contribution in [3.05, 3.63) is 35.9 Å². The summed E-state index contributed by atoms with van der Waals surface area (Å²) in [6, 6.07) is 5.28. The first kappa shape index (κ1) is 14.9. The van der Waals surface area contributed by atoms with Crippen LogP contribution in [0.4, 0.5) is 0 Å². The molecular formula is C18H18N2O4. The fourth-order valence-electron chi connectivity index (χ4n) is 4.05. The van der Waals surface area contributed by atoms with Crippen molar-refractivity contribution < 1.29 is 19.1 Å². The van der Waals surface area contributed by atoms with Crippen molar-refractivity contribution in [1.29, 1.82) is 0 Å². The second kappa shape index (κ2) is 5.47. The fourth-order valence-corrected chi connectivity index (χ4v) is 4.05. The van der Waals surface area contributed by atoms with Gasteiger partial charge in [0.15, 0.2) is 0 Å². The first-order chi connectivity index (χ1) is 11.6. The van der Waals surface area contributed by atoms with E-state index < -0.39 is 0 Å². The Kier molecular flexibility index (Phi) is 3.40. The topological polar surface area (TPSA) is 68.2 Å². The number of rotatable bonds is 4. The zero-order valence-corrected chi connectivity index (χ0v) is 13.5. The van der Waals surface area contributed by atoms with E-state index in [1.807, 2.05) is 0 Å². The van der Waals surface area contributed by atoms with Crippen molar-refractivity contribution in [2.75, 3.05) is 14.2 Å². The molecule has 4 atom stereocenters. The summed E-state index contributed by atoms with van der Waals surface area (Å²) in [6.07, 6.45) is 6.54. The minimum absolute atomic E-state index is 0.187. The standard InChI is InChI=1S/C18H18N2O4/c1-23-13-6-5-12(14(8-13)24-2)9-19-20-17(21)15-10-3-4-11(7-10)16(15)18(20)22/h3-6,8-11,15-16H,7H2,1-2H3/b19-9-/t10-,11-,15+,16+/m0/s1. The van der Waals surface area contributed by atoms with Gasteiger partial charge in [0.25, 0.3) is 11.8 Å². The molecule has 4 rings (SSSR count). The highest BCUT2D eigenvalue weighted by molar-refractivity contribution is 6.06. The highest BCUT2D eigenvalue weighted by Gasteiger charge is 2.59. The molecule has 0 spiro atoms. The van der Waals surface area contributed by atoms with Gasteiger partial charge in [0.1, 0.15) is 11.5 Å². The van der Waals surface area contributed by atoms with Gasteiger partial charge in [0, 0.05) is 11.6 Å². The minimum atomic E-state index is -0.234. The molecule has 2 bridgehead atoms. The van der Waals surface area contributed by atoms with Gasteiger partial charge in [-0.05, 0) is 30.4 Å². The molecule has 0 aromatic heterocycles. The lowest BCUT2D eigenvalue weighted by molar-refractivity contribution is -0.140. The molecule has 1 aromatic rings. The van der Waals surface area contributed by atoms with E-state index in [9.17, 15) is 9.59 Å². The number of carbonyl (C=O) groups is 2. The number of benzene rings is 1. The summed E-state index contributed by atoms with van der Waals surface area (Å²) in [6.45, 7) is 0. The number of allylic oxidation sites excluding steroid dienone is 2. The molecule has 1 aromatic carbocycles. The summed E-state index contributed by atoms with van der Waals surface area (Å²) >= 11 is 0. The van der Waals surface area contributed by atoms with E-state index in [-0.39, 0.29) is 35.5 Å². The van der Waals surface area contributed by atoms with Gasteiger partial charge >= 0.3 is 0 Å². The molecule has 0 radical (unpaired) electrons. The number of hydrogen-bond donors (Lipinski definition) is 0. The molecule has 6 heteroatoms. The Hall–Kier alpha value is -2.63. The Morgan fingerprint density at radius 2 is 1.75 bits per heavy atom. The summed E-state index contributed by atoms with van der Waals surface area (Å²) < 4.78 is 10.5. The van der Waals surface area contributed by atoms with Crippen molar-refractivity contribution >= 4 is 18.0 Å². The number of hydrogen-bond acceptors (Lipinski definition) is 5. The predicted octanol–water partition coefficient (Wildman–Crippen LogP) is 1.84. The van der Waals surface area contributed by atoms with Gasteiger partial charge in [-0.2, -0.15) is 10.1 Å². The van der Waals surface area contributed by atoms with Crippen molar-refractivity contribution in [1.82, 2.24) is 5.01 Å². The fraction of sp³-hybridized carbons (Fsp3) is 0.389. The van der Waals surface area contributed by atoms with Gasteiger partial charge in [-0.25, -0.2) is 0 Å². The van der Waals surface area contributed by atoms with Crippen LogP contribution in [0.25, 0.3) is 0 Å². The van der Waals surface area contributed by atoms with E-state index in [4.69, 9.17) is 9.47 Å². The summed E-state index contributed by atoms with van der Waals surface area (Å²) in [5.41, 5.74) is 0.678. The second-order valence-electron chi connectivity index (χ2n) is 6.34. The van der Waals surface area contributed by atoms with E-state index in [1.165, 1.54) is 6.21 Å². The van der Waals surface area contributed by atoms with E-state index in [1.54, 1.807) is 32.4 Å². The van der Waals surface area contributed by atoms with Crippen LogP contribution < -0.4 is 9.47 Å². The Balaban J connectivity index is 1.59. The number of carbonyl (C=O) groups excluding carboxylic acids is 2. The SMILES string of the molecule is COc1ccc(/C=N\N2C(=O)[C@H]3[C@H](C2=O)[C@H]2C=C[C@H]3C2)c(OC)c1. The second-order valence-corrected chi connectivity index (χ2v) is 6.34. The van der Waals surface area contributed by atoms with Gasteiger partial charge in [-0.1, -0.05) is 12.2 Å². The van der Waals surface area contributed by atoms with Crippen LogP contribution in [-0.4, -0.2) is 37.3 Å². The van der Waals surface area contributed by atoms with Gasteiger partial charge in [-0.3, -0.25) is 9.59 Å². The Labute approximate surface area is 139 Å². The van der Waals surface area contributed by atoms with Crippen LogP contribution in [0.1, 0.15) is 12.0 Å². The van der Waals surface area contributed by atoms with Crippen LogP contribution in [0.5, 0.6) is 11.5 Å². The van der Waals surface area contributed by atoms with Crippen molar-refractivity contribution in [3.8, 4) is 11.5 Å². The summed E-state index contributed by atoms with van der Waals surface area (Å²) in [7, 11) is 3.12. The lowest BCUT2D eigenvalue weighted by atomic mass is 9.85. The third-order valence-corrected chi connectivity index (χ3v) is 5.20. The smallest absolute Gasteiger partial charge is 0.254 e. The number of hydrazone groups is 1. The molecule has 1 saturated carbocycles. The lowest BCUT2D eigenvalue weighted by Crippen LogP contribution is -2.28. The molecular weight excluding hydrogens is 308 g/mol. The zero-order chi connectivity index (χ0) is 16.8. The van der Waals surface area contributed by atoms with Gasteiger partial charge in [0.05, 0.1) is 32.3 Å². The van der Waals surface area contributed by atoms with Crippen LogP contribution in [0, 0.1) is 23.7 Å². The predicted molar refractivity (Wildman–Crippen MR) is 86.7 cm³/mol. The van der Waals surface area contributed by atoms with Crippen LogP contribution in [0.15, 0.2) is 35.5 Å². The first-order valence-corrected chi connectivity index (χ1v) is 7.96. The molecule has 1 saturated heterocycles. The Morgan fingerprint density at radius 3 is 2.33 bits per heavy atom. The summed E-state index contributed by atoms with van der Waals surface area (Å²) in [4.78, 5) is 25.1. The largest absolute Gasteiger partial charge is 0.497 e. The molecule has 2 amide bonds. The van der Waals surface area contributed by atoms with E-state index in [2.05, 4.69) is 17.3 Å². The molecule has 2 aliphatic carbocycles. The number of methoxy groups -OCH3 is 2. The molecule has 0 unspecified atom stereocenters. The molecule has 2 fully saturated rings. The average molecular weight is 326 g/mol. The highest BCUT2D eigenvalue weighted by Crippen LogP contribution is 2.52. The number of amides is 2. The molecule has 1 heterocycles. The molecule has 124 valence electrons. The number of fused-ring (bicyclic) bond motifs is 5. The maximum absolute atomic E-state index is 12.6. The maximum atomic E-state index is 12.6. The minimum Gasteiger partial charge on any atom is -0.497 e. The average Bonchev–Trinajstić information content (AvgIpc) is 3.28. The van der Waals surface area contributed by atoms with E-state index in [0.29, 0.717) is 17.1 Å². The molecule has 6 nitrogen and oxygen atoms in total. The third-order valence-electron chi connectivity index (χ3n) is 5.20. The van der Waals surface area contributed by atoms with Crippen molar-refractivity contribution in [2.24, 2.45) is 28.8 Å². The number of nitrogens with zero attached hydrogens (tertiary/aromatic N) is 2. The van der Waals surface area contributed by atoms with E-state index in [0.717, 1.165) is 11.4 Å². The first-order valence-electron chi connectivity index (χ1n) is 7.96. The Bertz CT molecular complexity index is 740.